The second-order valence-corrected chi connectivity index (χ2v) is 9.10. The molecule has 5 nitrogen and oxygen atoms in total. The van der Waals surface area contributed by atoms with Gasteiger partial charge in [-0.3, -0.25) is 9.59 Å². The van der Waals surface area contributed by atoms with Crippen molar-refractivity contribution >= 4 is 23.6 Å². The summed E-state index contributed by atoms with van der Waals surface area (Å²) in [5.41, 5.74) is 4.35. The van der Waals surface area contributed by atoms with Crippen molar-refractivity contribution in [2.75, 3.05) is 19.9 Å². The van der Waals surface area contributed by atoms with Crippen molar-refractivity contribution < 1.29 is 14.3 Å². The topological polar surface area (TPSA) is 58.6 Å². The van der Waals surface area contributed by atoms with Gasteiger partial charge in [0.2, 0.25) is 11.8 Å². The van der Waals surface area contributed by atoms with E-state index in [1.807, 2.05) is 66.7 Å². The second kappa shape index (κ2) is 12.8. The lowest BCUT2D eigenvalue weighted by Crippen LogP contribution is -2.50. The Morgan fingerprint density at radius 2 is 1.68 bits per heavy atom. The first-order valence-electron chi connectivity index (χ1n) is 11.3. The average Bonchev–Trinajstić information content (AvgIpc) is 2.87. The highest BCUT2D eigenvalue weighted by molar-refractivity contribution is 7.99. The van der Waals surface area contributed by atoms with E-state index in [2.05, 4.69) is 24.4 Å². The Bertz CT molecular complexity index is 1090. The molecule has 0 bridgehead atoms. The van der Waals surface area contributed by atoms with E-state index >= 15 is 0 Å². The van der Waals surface area contributed by atoms with Crippen LogP contribution in [0, 0.1) is 6.92 Å². The van der Waals surface area contributed by atoms with E-state index in [1.165, 1.54) is 11.1 Å². The number of nitrogens with one attached hydrogen (secondary N) is 1. The van der Waals surface area contributed by atoms with Crippen LogP contribution in [-0.2, 0) is 28.3 Å². The van der Waals surface area contributed by atoms with Crippen LogP contribution < -0.4 is 10.1 Å². The molecule has 1 atom stereocenters. The molecule has 178 valence electrons. The van der Waals surface area contributed by atoms with E-state index in [0.29, 0.717) is 18.7 Å². The van der Waals surface area contributed by atoms with Crippen LogP contribution in [-0.4, -0.2) is 42.7 Å². The number of benzene rings is 3. The zero-order chi connectivity index (χ0) is 24.3. The zero-order valence-electron chi connectivity index (χ0n) is 20.0. The third-order valence-electron chi connectivity index (χ3n) is 5.75. The molecule has 1 N–H and O–H groups in total. The van der Waals surface area contributed by atoms with Gasteiger partial charge in [-0.15, -0.1) is 11.8 Å². The van der Waals surface area contributed by atoms with Gasteiger partial charge in [-0.25, -0.2) is 0 Å². The van der Waals surface area contributed by atoms with Gasteiger partial charge < -0.3 is 15.0 Å². The van der Waals surface area contributed by atoms with Crippen LogP contribution in [0.5, 0.6) is 5.75 Å². The highest BCUT2D eigenvalue weighted by atomic mass is 32.2. The van der Waals surface area contributed by atoms with Gasteiger partial charge in [0.15, 0.2) is 0 Å². The summed E-state index contributed by atoms with van der Waals surface area (Å²) in [6.45, 7) is 2.40. The summed E-state index contributed by atoms with van der Waals surface area (Å²) >= 11 is 1.57. The normalized spacial score (nSPS) is 11.5. The third-order valence-corrected chi connectivity index (χ3v) is 6.72. The maximum atomic E-state index is 13.5. The number of thioether (sulfide) groups is 1. The number of methoxy groups -OCH3 is 1. The molecular formula is C28H32N2O3S. The summed E-state index contributed by atoms with van der Waals surface area (Å²) in [6, 6.07) is 25.0. The number of carbonyl (C=O) groups is 2. The van der Waals surface area contributed by atoms with Gasteiger partial charge in [0.05, 0.1) is 12.9 Å². The lowest BCUT2D eigenvalue weighted by Gasteiger charge is -2.31. The molecule has 0 aromatic heterocycles. The van der Waals surface area contributed by atoms with Crippen LogP contribution in [0.1, 0.15) is 22.3 Å². The molecule has 2 amide bonds. The van der Waals surface area contributed by atoms with Crippen molar-refractivity contribution in [2.24, 2.45) is 0 Å². The fraction of sp³-hybridized carbons (Fsp3) is 0.286. The van der Waals surface area contributed by atoms with Crippen LogP contribution in [0.4, 0.5) is 0 Å². The van der Waals surface area contributed by atoms with E-state index in [9.17, 15) is 9.59 Å². The Kier molecular flexibility index (Phi) is 9.59. The SMILES string of the molecule is CNC(=O)[C@@H](Cc1ccccc1)N(Cc1cccc(OC)c1)C(=O)CSCc1ccccc1C. The molecular weight excluding hydrogens is 444 g/mol. The minimum absolute atomic E-state index is 0.0639. The van der Waals surface area contributed by atoms with Gasteiger partial charge >= 0.3 is 0 Å². The fourth-order valence-corrected chi connectivity index (χ4v) is 4.78. The maximum absolute atomic E-state index is 13.5. The molecule has 0 aliphatic rings. The lowest BCUT2D eigenvalue weighted by molar-refractivity contribution is -0.139. The highest BCUT2D eigenvalue weighted by Gasteiger charge is 2.29. The summed E-state index contributed by atoms with van der Waals surface area (Å²) in [7, 11) is 3.23. The van der Waals surface area contributed by atoms with Crippen molar-refractivity contribution in [3.05, 3.63) is 101 Å². The molecule has 0 saturated carbocycles. The second-order valence-electron chi connectivity index (χ2n) is 8.11. The number of hydrogen-bond acceptors (Lipinski definition) is 4. The van der Waals surface area contributed by atoms with Crippen molar-refractivity contribution in [3.8, 4) is 5.75 Å². The number of rotatable bonds is 11. The standard InChI is InChI=1S/C28H32N2O3S/c1-21-10-7-8-14-24(21)19-34-20-27(31)30(18-23-13-9-15-25(16-23)33-3)26(28(32)29-2)17-22-11-5-4-6-12-22/h4-16,26H,17-20H2,1-3H3,(H,29,32)/t26-/m1/s1. The number of amides is 2. The van der Waals surface area contributed by atoms with E-state index < -0.39 is 6.04 Å². The molecule has 3 aromatic carbocycles. The van der Waals surface area contributed by atoms with E-state index in [0.717, 1.165) is 22.6 Å². The van der Waals surface area contributed by atoms with Gasteiger partial charge in [0.25, 0.3) is 0 Å². The van der Waals surface area contributed by atoms with Gasteiger partial charge in [0, 0.05) is 25.8 Å². The summed E-state index contributed by atoms with van der Waals surface area (Å²) in [6.07, 6.45) is 0.443. The minimum atomic E-state index is -0.620. The zero-order valence-corrected chi connectivity index (χ0v) is 20.8. The Labute approximate surface area is 206 Å². The summed E-state index contributed by atoms with van der Waals surface area (Å²) in [4.78, 5) is 28.2. The number of hydrogen-bond donors (Lipinski definition) is 1. The Balaban J connectivity index is 1.83. The maximum Gasteiger partial charge on any atom is 0.242 e. The number of ether oxygens (including phenoxy) is 1. The molecule has 3 aromatic rings. The van der Waals surface area contributed by atoms with Crippen LogP contribution in [0.3, 0.4) is 0 Å². The molecule has 0 radical (unpaired) electrons. The molecule has 0 unspecified atom stereocenters. The van der Waals surface area contributed by atoms with E-state index in [4.69, 9.17) is 4.74 Å². The summed E-state index contributed by atoms with van der Waals surface area (Å²) in [5, 5.41) is 2.75. The van der Waals surface area contributed by atoms with Crippen molar-refractivity contribution in [1.82, 2.24) is 10.2 Å². The van der Waals surface area contributed by atoms with E-state index in [1.54, 1.807) is 30.8 Å². The molecule has 0 fully saturated rings. The molecule has 0 saturated heterocycles. The number of nitrogens with zero attached hydrogens (tertiary/aromatic N) is 1. The smallest absolute Gasteiger partial charge is 0.242 e. The largest absolute Gasteiger partial charge is 0.497 e. The Morgan fingerprint density at radius 1 is 0.971 bits per heavy atom. The van der Waals surface area contributed by atoms with Crippen molar-refractivity contribution in [1.29, 1.82) is 0 Å². The fourth-order valence-electron chi connectivity index (χ4n) is 3.79. The highest BCUT2D eigenvalue weighted by Crippen LogP contribution is 2.21. The minimum Gasteiger partial charge on any atom is -0.497 e. The number of carbonyl (C=O) groups excluding carboxylic acids is 2. The summed E-state index contributed by atoms with van der Waals surface area (Å²) < 4.78 is 5.36. The molecule has 34 heavy (non-hydrogen) atoms. The van der Waals surface area contributed by atoms with E-state index in [-0.39, 0.29) is 11.8 Å². The lowest BCUT2D eigenvalue weighted by atomic mass is 10.0. The molecule has 6 heteroatoms. The number of likely N-dealkylation sites (N-methyl/N-ethyl adjacent to an activating group) is 1. The third kappa shape index (κ3) is 7.12. The quantitative estimate of drug-likeness (QED) is 0.439. The first kappa shape index (κ1) is 25.4. The van der Waals surface area contributed by atoms with Gasteiger partial charge in [0.1, 0.15) is 11.8 Å². The molecule has 0 aliphatic carbocycles. The van der Waals surface area contributed by atoms with Gasteiger partial charge in [-0.2, -0.15) is 0 Å². The van der Waals surface area contributed by atoms with Gasteiger partial charge in [-0.05, 0) is 41.3 Å². The Morgan fingerprint density at radius 3 is 2.38 bits per heavy atom. The number of aryl methyl sites for hydroxylation is 1. The first-order valence-corrected chi connectivity index (χ1v) is 12.5. The van der Waals surface area contributed by atoms with Crippen molar-refractivity contribution in [2.45, 2.75) is 31.7 Å². The molecule has 0 heterocycles. The van der Waals surface area contributed by atoms with Gasteiger partial charge in [-0.1, -0.05) is 66.7 Å². The summed E-state index contributed by atoms with van der Waals surface area (Å²) in [5.74, 6) is 1.52. The van der Waals surface area contributed by atoms with Crippen LogP contribution in [0.25, 0.3) is 0 Å². The predicted molar refractivity (Wildman–Crippen MR) is 139 cm³/mol. The van der Waals surface area contributed by atoms with Crippen LogP contribution >= 0.6 is 11.8 Å². The Hall–Kier alpha value is -3.25. The molecule has 0 spiro atoms. The van der Waals surface area contributed by atoms with Crippen LogP contribution in [0.15, 0.2) is 78.9 Å². The van der Waals surface area contributed by atoms with Crippen LogP contribution in [0.2, 0.25) is 0 Å². The first-order chi connectivity index (χ1) is 16.5. The van der Waals surface area contributed by atoms with Crippen molar-refractivity contribution in [3.63, 3.8) is 0 Å². The predicted octanol–water partition coefficient (Wildman–Crippen LogP) is 4.62. The molecule has 3 rings (SSSR count). The average molecular weight is 477 g/mol. The monoisotopic (exact) mass is 476 g/mol. The molecule has 0 aliphatic heterocycles.